The first kappa shape index (κ1) is 12.5. The molecule has 0 aliphatic heterocycles. The van der Waals surface area contributed by atoms with E-state index in [1.54, 1.807) is 6.92 Å². The summed E-state index contributed by atoms with van der Waals surface area (Å²) in [4.78, 5) is 15.5. The fraction of sp³-hybridized carbons (Fsp3) is 0.571. The smallest absolute Gasteiger partial charge is 0.397 e. The van der Waals surface area contributed by atoms with Gasteiger partial charge in [0.15, 0.2) is 5.69 Å². The van der Waals surface area contributed by atoms with Crippen molar-refractivity contribution in [1.82, 2.24) is 9.97 Å². The van der Waals surface area contributed by atoms with Crippen LogP contribution in [0.15, 0.2) is 6.20 Å². The number of imidazole rings is 1. The summed E-state index contributed by atoms with van der Waals surface area (Å²) in [5.74, 6) is -0.253. The molecule has 0 unspecified atom stereocenters. The van der Waals surface area contributed by atoms with Gasteiger partial charge in [-0.05, 0) is 11.8 Å². The topological polar surface area (TPSA) is 101 Å². The van der Waals surface area contributed by atoms with Crippen molar-refractivity contribution >= 4 is 5.95 Å². The number of methoxy groups -OCH3 is 1. The monoisotopic (exact) mass is 203 g/mol. The van der Waals surface area contributed by atoms with Gasteiger partial charge < -0.3 is 20.0 Å². The Morgan fingerprint density at radius 2 is 2.36 bits per heavy atom. The van der Waals surface area contributed by atoms with Crippen molar-refractivity contribution < 1.29 is 14.8 Å². The fourth-order valence-corrected chi connectivity index (χ4v) is 0.664. The number of hydrogen-bond donors (Lipinski definition) is 2. The molecule has 0 atom stereocenters. The van der Waals surface area contributed by atoms with Gasteiger partial charge in [0.1, 0.15) is 12.8 Å². The van der Waals surface area contributed by atoms with Crippen LogP contribution >= 0.6 is 0 Å². The average Bonchev–Trinajstić information content (AvgIpc) is 2.55. The van der Waals surface area contributed by atoms with Crippen LogP contribution in [0.4, 0.5) is 5.95 Å². The third-order valence-corrected chi connectivity index (χ3v) is 1.08. The average molecular weight is 203 g/mol. The molecular formula is C7H13N3O4. The zero-order valence-corrected chi connectivity index (χ0v) is 8.06. The second-order valence-electron chi connectivity index (χ2n) is 2.22. The van der Waals surface area contributed by atoms with Crippen molar-refractivity contribution in [3.8, 4) is 0 Å². The molecule has 0 saturated carbocycles. The zero-order valence-electron chi connectivity index (χ0n) is 8.06. The molecule has 0 aliphatic rings. The lowest BCUT2D eigenvalue weighted by molar-refractivity contribution is -0.393. The van der Waals surface area contributed by atoms with Gasteiger partial charge in [-0.25, -0.2) is 4.98 Å². The number of nitro groups is 1. The number of nitrogens with zero attached hydrogens (tertiary/aromatic N) is 2. The first-order valence-corrected chi connectivity index (χ1v) is 3.94. The number of aliphatic hydroxyl groups is 1. The highest BCUT2D eigenvalue weighted by Crippen LogP contribution is 2.04. The Balaban J connectivity index is 0.000000500. The Morgan fingerprint density at radius 1 is 1.79 bits per heavy atom. The Kier molecular flexibility index (Phi) is 6.25. The first-order chi connectivity index (χ1) is 6.65. The molecule has 0 fully saturated rings. The molecule has 1 aromatic heterocycles. The van der Waals surface area contributed by atoms with E-state index in [0.717, 1.165) is 0 Å². The summed E-state index contributed by atoms with van der Waals surface area (Å²) in [5.41, 5.74) is 0.527. The van der Waals surface area contributed by atoms with E-state index >= 15 is 0 Å². The van der Waals surface area contributed by atoms with Crippen LogP contribution < -0.4 is 0 Å². The fourth-order valence-electron chi connectivity index (χ4n) is 0.664. The molecule has 1 rings (SSSR count). The molecule has 7 nitrogen and oxygen atoms in total. The predicted octanol–water partition coefficient (Wildman–Crippen LogP) is 0.463. The highest BCUT2D eigenvalue weighted by molar-refractivity contribution is 5.09. The van der Waals surface area contributed by atoms with E-state index in [1.807, 2.05) is 0 Å². The molecule has 0 spiro atoms. The van der Waals surface area contributed by atoms with E-state index in [-0.39, 0.29) is 19.2 Å². The van der Waals surface area contributed by atoms with E-state index in [0.29, 0.717) is 5.69 Å². The maximum atomic E-state index is 10.1. The number of aromatic amines is 1. The zero-order chi connectivity index (χ0) is 11.0. The lowest BCUT2D eigenvalue weighted by atomic mass is 10.5. The van der Waals surface area contributed by atoms with Crippen LogP contribution in [0.1, 0.15) is 12.6 Å². The quantitative estimate of drug-likeness (QED) is 0.549. The van der Waals surface area contributed by atoms with Gasteiger partial charge in [-0.2, -0.15) is 0 Å². The third-order valence-electron chi connectivity index (χ3n) is 1.08. The lowest BCUT2D eigenvalue weighted by Crippen LogP contribution is -1.91. The van der Waals surface area contributed by atoms with Gasteiger partial charge in [0, 0.05) is 13.7 Å². The van der Waals surface area contributed by atoms with Gasteiger partial charge in [0.25, 0.3) is 0 Å². The van der Waals surface area contributed by atoms with Crippen LogP contribution in [-0.4, -0.2) is 33.7 Å². The molecule has 1 aromatic rings. The second-order valence-corrected chi connectivity index (χ2v) is 2.22. The molecule has 1 heterocycles. The molecule has 0 aliphatic carbocycles. The predicted molar refractivity (Wildman–Crippen MR) is 48.7 cm³/mol. The molecule has 0 aromatic carbocycles. The maximum absolute atomic E-state index is 10.1. The Morgan fingerprint density at radius 3 is 2.71 bits per heavy atom. The number of hydrogen-bond acceptors (Lipinski definition) is 5. The van der Waals surface area contributed by atoms with Crippen LogP contribution in [0, 0.1) is 10.1 Å². The number of rotatable bonds is 3. The van der Waals surface area contributed by atoms with E-state index in [1.165, 1.54) is 13.3 Å². The molecule has 14 heavy (non-hydrogen) atoms. The van der Waals surface area contributed by atoms with Crippen molar-refractivity contribution in [3.63, 3.8) is 0 Å². The van der Waals surface area contributed by atoms with Gasteiger partial charge in [-0.15, -0.1) is 0 Å². The van der Waals surface area contributed by atoms with Crippen molar-refractivity contribution in [2.24, 2.45) is 0 Å². The summed E-state index contributed by atoms with van der Waals surface area (Å²) in [6.07, 6.45) is 1.45. The van der Waals surface area contributed by atoms with Gasteiger partial charge in [-0.3, -0.25) is 0 Å². The summed E-state index contributed by atoms with van der Waals surface area (Å²) in [6, 6.07) is 0. The minimum atomic E-state index is -0.584. The molecular weight excluding hydrogens is 190 g/mol. The minimum Gasteiger partial charge on any atom is -0.397 e. The van der Waals surface area contributed by atoms with Gasteiger partial charge in [0.2, 0.25) is 0 Å². The third kappa shape index (κ3) is 4.53. The van der Waals surface area contributed by atoms with E-state index in [2.05, 4.69) is 9.97 Å². The Bertz CT molecular complexity index is 274. The largest absolute Gasteiger partial charge is 0.432 e. The summed E-state index contributed by atoms with van der Waals surface area (Å²) in [5, 5.41) is 17.7. The van der Waals surface area contributed by atoms with Gasteiger partial charge >= 0.3 is 5.95 Å². The van der Waals surface area contributed by atoms with Crippen LogP contribution in [0.3, 0.4) is 0 Å². The van der Waals surface area contributed by atoms with E-state index in [4.69, 9.17) is 9.84 Å². The Labute approximate surface area is 80.9 Å². The highest BCUT2D eigenvalue weighted by atomic mass is 16.6. The summed E-state index contributed by atoms with van der Waals surface area (Å²) >= 11 is 0. The van der Waals surface area contributed by atoms with Crippen LogP contribution in [0.5, 0.6) is 0 Å². The molecule has 2 N–H and O–H groups in total. The normalized spacial score (nSPS) is 9.07. The second kappa shape index (κ2) is 6.98. The first-order valence-electron chi connectivity index (χ1n) is 3.94. The molecule has 80 valence electrons. The molecule has 0 amide bonds. The number of aliphatic hydroxyl groups excluding tert-OH is 1. The lowest BCUT2D eigenvalue weighted by Gasteiger charge is -1.86. The summed E-state index contributed by atoms with van der Waals surface area (Å²) in [6.45, 7) is 2.21. The summed E-state index contributed by atoms with van der Waals surface area (Å²) in [7, 11) is 1.50. The number of nitrogens with one attached hydrogen (secondary N) is 1. The van der Waals surface area contributed by atoms with E-state index in [9.17, 15) is 10.1 Å². The van der Waals surface area contributed by atoms with Crippen LogP contribution in [0.25, 0.3) is 0 Å². The standard InChI is InChI=1S/C5H7N3O3.C2H6O/c1-11-3-4-2-6-5(7-4)8(9)10;1-2-3/h2H,3H2,1H3,(H,6,7);3H,2H2,1H3. The van der Waals surface area contributed by atoms with Crippen molar-refractivity contribution in [3.05, 3.63) is 22.0 Å². The van der Waals surface area contributed by atoms with Crippen molar-refractivity contribution in [1.29, 1.82) is 0 Å². The summed E-state index contributed by atoms with van der Waals surface area (Å²) < 4.78 is 4.72. The van der Waals surface area contributed by atoms with Gasteiger partial charge in [-0.1, -0.05) is 4.98 Å². The van der Waals surface area contributed by atoms with Crippen LogP contribution in [0.2, 0.25) is 0 Å². The molecule has 0 radical (unpaired) electrons. The maximum Gasteiger partial charge on any atom is 0.432 e. The van der Waals surface area contributed by atoms with Gasteiger partial charge in [0.05, 0.1) is 0 Å². The highest BCUT2D eigenvalue weighted by Gasteiger charge is 2.10. The van der Waals surface area contributed by atoms with Crippen molar-refractivity contribution in [2.45, 2.75) is 13.5 Å². The Hall–Kier alpha value is -1.47. The molecule has 0 saturated heterocycles. The number of ether oxygens (including phenoxy) is 1. The van der Waals surface area contributed by atoms with Crippen molar-refractivity contribution in [2.75, 3.05) is 13.7 Å². The SMILES string of the molecule is CCO.COCc1c[nH]c([N+](=O)[O-])n1. The molecule has 7 heteroatoms. The minimum absolute atomic E-state index is 0.250. The van der Waals surface area contributed by atoms with E-state index < -0.39 is 4.92 Å². The number of aromatic nitrogens is 2. The molecule has 0 bridgehead atoms. The number of H-pyrrole nitrogens is 1. The van der Waals surface area contributed by atoms with Crippen LogP contribution in [-0.2, 0) is 11.3 Å².